The summed E-state index contributed by atoms with van der Waals surface area (Å²) in [6.07, 6.45) is 4.80. The van der Waals surface area contributed by atoms with Gasteiger partial charge in [-0.05, 0) is 36.5 Å². The third kappa shape index (κ3) is 4.74. The van der Waals surface area contributed by atoms with Crippen LogP contribution in [0.15, 0.2) is 18.2 Å². The van der Waals surface area contributed by atoms with Crippen LogP contribution in [0.1, 0.15) is 37.7 Å². The third-order valence-corrected chi connectivity index (χ3v) is 4.24. The molecule has 6 heteroatoms. The van der Waals surface area contributed by atoms with Crippen molar-refractivity contribution in [3.8, 4) is 0 Å². The van der Waals surface area contributed by atoms with E-state index in [9.17, 15) is 18.4 Å². The Bertz CT molecular complexity index is 571. The van der Waals surface area contributed by atoms with Gasteiger partial charge in [-0.3, -0.25) is 4.79 Å². The predicted molar refractivity (Wildman–Crippen MR) is 80.6 cm³/mol. The maximum absolute atomic E-state index is 13.2. The fourth-order valence-corrected chi connectivity index (χ4v) is 3.02. The predicted octanol–water partition coefficient (Wildman–Crippen LogP) is 2.75. The van der Waals surface area contributed by atoms with Crippen LogP contribution >= 0.6 is 0 Å². The van der Waals surface area contributed by atoms with Crippen LogP contribution in [0.25, 0.3) is 0 Å². The number of carbonyl (C=O) groups excluding carboxylic acids is 2. The number of carbonyl (C=O) groups is 2. The van der Waals surface area contributed by atoms with Crippen LogP contribution < -0.4 is 5.32 Å². The zero-order chi connectivity index (χ0) is 16.8. The van der Waals surface area contributed by atoms with Crippen molar-refractivity contribution >= 4 is 11.9 Å². The first-order valence-electron chi connectivity index (χ1n) is 7.82. The second-order valence-corrected chi connectivity index (χ2v) is 5.89. The number of benzene rings is 1. The molecule has 1 fully saturated rings. The van der Waals surface area contributed by atoms with Gasteiger partial charge in [-0.2, -0.15) is 0 Å². The molecular formula is C17H21F2NO3. The van der Waals surface area contributed by atoms with Crippen molar-refractivity contribution in [1.29, 1.82) is 0 Å². The largest absolute Gasteiger partial charge is 0.467 e. The van der Waals surface area contributed by atoms with Gasteiger partial charge in [0.15, 0.2) is 11.6 Å². The van der Waals surface area contributed by atoms with Gasteiger partial charge in [-0.15, -0.1) is 0 Å². The molecule has 0 heterocycles. The number of halogens is 2. The molecule has 1 saturated carbocycles. The lowest BCUT2D eigenvalue weighted by atomic mass is 9.83. The van der Waals surface area contributed by atoms with Crippen molar-refractivity contribution in [3.63, 3.8) is 0 Å². The average Bonchev–Trinajstić information content (AvgIpc) is 2.56. The van der Waals surface area contributed by atoms with Crippen molar-refractivity contribution in [2.75, 3.05) is 7.11 Å². The molecule has 23 heavy (non-hydrogen) atoms. The number of amides is 1. The molecule has 0 aliphatic heterocycles. The topological polar surface area (TPSA) is 55.4 Å². The van der Waals surface area contributed by atoms with Gasteiger partial charge < -0.3 is 10.1 Å². The number of esters is 1. The van der Waals surface area contributed by atoms with Crippen molar-refractivity contribution in [1.82, 2.24) is 5.32 Å². The molecule has 1 aromatic rings. The van der Waals surface area contributed by atoms with Gasteiger partial charge in [0.2, 0.25) is 5.91 Å². The minimum atomic E-state index is -0.993. The SMILES string of the molecule is COC(=O)[C@H](NC(=O)Cc1ccc(F)c(F)c1)C1CCCCC1. The molecular weight excluding hydrogens is 304 g/mol. The summed E-state index contributed by atoms with van der Waals surface area (Å²) >= 11 is 0. The third-order valence-electron chi connectivity index (χ3n) is 4.24. The number of nitrogens with one attached hydrogen (secondary N) is 1. The lowest BCUT2D eigenvalue weighted by Gasteiger charge is -2.29. The van der Waals surface area contributed by atoms with E-state index in [2.05, 4.69) is 5.32 Å². The van der Waals surface area contributed by atoms with Crippen LogP contribution in [0.2, 0.25) is 0 Å². The van der Waals surface area contributed by atoms with E-state index in [1.54, 1.807) is 0 Å². The van der Waals surface area contributed by atoms with E-state index in [1.807, 2.05) is 0 Å². The second-order valence-electron chi connectivity index (χ2n) is 5.89. The molecule has 0 saturated heterocycles. The summed E-state index contributed by atoms with van der Waals surface area (Å²) in [5.74, 6) is -2.76. The molecule has 0 spiro atoms. The maximum atomic E-state index is 13.2. The summed E-state index contributed by atoms with van der Waals surface area (Å²) in [5, 5.41) is 2.69. The fourth-order valence-electron chi connectivity index (χ4n) is 3.02. The van der Waals surface area contributed by atoms with E-state index in [4.69, 9.17) is 4.74 Å². The Morgan fingerprint density at radius 2 is 1.91 bits per heavy atom. The van der Waals surface area contributed by atoms with Gasteiger partial charge in [-0.1, -0.05) is 25.3 Å². The summed E-state index contributed by atoms with van der Waals surface area (Å²) < 4.78 is 30.9. The van der Waals surface area contributed by atoms with Crippen LogP contribution in [0.4, 0.5) is 8.78 Å². The second kappa shape index (κ2) is 8.04. The zero-order valence-corrected chi connectivity index (χ0v) is 13.1. The number of ether oxygens (including phenoxy) is 1. The Labute approximate surface area is 134 Å². The molecule has 1 N–H and O–H groups in total. The fraction of sp³-hybridized carbons (Fsp3) is 0.529. The summed E-state index contributed by atoms with van der Waals surface area (Å²) in [4.78, 5) is 24.1. The van der Waals surface area contributed by atoms with Crippen molar-refractivity contribution in [2.45, 2.75) is 44.6 Å². The summed E-state index contributed by atoms with van der Waals surface area (Å²) in [5.41, 5.74) is 0.355. The monoisotopic (exact) mass is 325 g/mol. The molecule has 1 aromatic carbocycles. The molecule has 4 nitrogen and oxygen atoms in total. The first-order chi connectivity index (χ1) is 11.0. The quantitative estimate of drug-likeness (QED) is 0.847. The van der Waals surface area contributed by atoms with E-state index in [1.165, 1.54) is 13.2 Å². The average molecular weight is 325 g/mol. The van der Waals surface area contributed by atoms with Gasteiger partial charge in [0.25, 0.3) is 0 Å². The van der Waals surface area contributed by atoms with Gasteiger partial charge in [0, 0.05) is 0 Å². The molecule has 0 unspecified atom stereocenters. The van der Waals surface area contributed by atoms with Gasteiger partial charge in [-0.25, -0.2) is 13.6 Å². The highest BCUT2D eigenvalue weighted by Gasteiger charge is 2.31. The zero-order valence-electron chi connectivity index (χ0n) is 13.1. The number of hydrogen-bond donors (Lipinski definition) is 1. The molecule has 126 valence electrons. The van der Waals surface area contributed by atoms with Crippen LogP contribution in [0, 0.1) is 17.6 Å². The van der Waals surface area contributed by atoms with Crippen LogP contribution in [0.5, 0.6) is 0 Å². The molecule has 0 aromatic heterocycles. The van der Waals surface area contributed by atoms with Crippen molar-refractivity contribution in [3.05, 3.63) is 35.4 Å². The molecule has 0 radical (unpaired) electrons. The van der Waals surface area contributed by atoms with E-state index < -0.39 is 29.6 Å². The smallest absolute Gasteiger partial charge is 0.328 e. The summed E-state index contributed by atoms with van der Waals surface area (Å²) in [6, 6.07) is 2.64. The molecule has 0 bridgehead atoms. The van der Waals surface area contributed by atoms with E-state index in [-0.39, 0.29) is 12.3 Å². The molecule has 1 aliphatic carbocycles. The standard InChI is InChI=1S/C17H21F2NO3/c1-23-17(22)16(12-5-3-2-4-6-12)20-15(21)10-11-7-8-13(18)14(19)9-11/h7-9,12,16H,2-6,10H2,1H3,(H,20,21)/t16-/m1/s1. The van der Waals surface area contributed by atoms with Crippen LogP contribution in [-0.4, -0.2) is 25.0 Å². The molecule has 1 atom stereocenters. The molecule has 1 aliphatic rings. The minimum absolute atomic E-state index is 0.0603. The van der Waals surface area contributed by atoms with E-state index >= 15 is 0 Å². The summed E-state index contributed by atoms with van der Waals surface area (Å²) in [6.45, 7) is 0. The van der Waals surface area contributed by atoms with Gasteiger partial charge in [0.05, 0.1) is 13.5 Å². The number of methoxy groups -OCH3 is 1. The first kappa shape index (κ1) is 17.4. The molecule has 2 rings (SSSR count). The molecule has 1 amide bonds. The van der Waals surface area contributed by atoms with Crippen molar-refractivity contribution in [2.24, 2.45) is 5.92 Å². The lowest BCUT2D eigenvalue weighted by Crippen LogP contribution is -2.47. The van der Waals surface area contributed by atoms with Crippen LogP contribution in [0.3, 0.4) is 0 Å². The Morgan fingerprint density at radius 3 is 2.52 bits per heavy atom. The Hall–Kier alpha value is -1.98. The Balaban J connectivity index is 2.01. The Morgan fingerprint density at radius 1 is 1.22 bits per heavy atom. The van der Waals surface area contributed by atoms with E-state index in [0.29, 0.717) is 5.56 Å². The Kier molecular flexibility index (Phi) is 6.07. The first-order valence-corrected chi connectivity index (χ1v) is 7.82. The highest BCUT2D eigenvalue weighted by atomic mass is 19.2. The highest BCUT2D eigenvalue weighted by molar-refractivity contribution is 5.85. The van der Waals surface area contributed by atoms with Crippen LogP contribution in [-0.2, 0) is 20.7 Å². The van der Waals surface area contributed by atoms with Gasteiger partial charge in [0.1, 0.15) is 6.04 Å². The highest BCUT2D eigenvalue weighted by Crippen LogP contribution is 2.27. The van der Waals surface area contributed by atoms with E-state index in [0.717, 1.165) is 44.2 Å². The lowest BCUT2D eigenvalue weighted by molar-refractivity contribution is -0.147. The minimum Gasteiger partial charge on any atom is -0.467 e. The summed E-state index contributed by atoms with van der Waals surface area (Å²) in [7, 11) is 1.29. The normalized spacial score (nSPS) is 16.7. The van der Waals surface area contributed by atoms with Crippen molar-refractivity contribution < 1.29 is 23.1 Å². The van der Waals surface area contributed by atoms with Gasteiger partial charge >= 0.3 is 5.97 Å². The maximum Gasteiger partial charge on any atom is 0.328 e. The number of rotatable bonds is 5. The number of hydrogen-bond acceptors (Lipinski definition) is 3.